The van der Waals surface area contributed by atoms with Crippen molar-refractivity contribution in [1.82, 2.24) is 10.2 Å². The highest BCUT2D eigenvalue weighted by molar-refractivity contribution is 5.97. The first kappa shape index (κ1) is 19.4. The van der Waals surface area contributed by atoms with Crippen LogP contribution >= 0.6 is 0 Å². The highest BCUT2D eigenvalue weighted by Crippen LogP contribution is 2.22. The smallest absolute Gasteiger partial charge is 0.251 e. The van der Waals surface area contributed by atoms with Gasteiger partial charge in [-0.25, -0.2) is 0 Å². The Balaban J connectivity index is 2.11. The molecule has 1 aromatic rings. The molecular formula is C20H30N2O3. The summed E-state index contributed by atoms with van der Waals surface area (Å²) in [6.07, 6.45) is 2.21. The van der Waals surface area contributed by atoms with Gasteiger partial charge in [-0.3, -0.25) is 9.59 Å². The number of hydrogen-bond donors (Lipinski definition) is 2. The third-order valence-corrected chi connectivity index (χ3v) is 5.25. The average molecular weight is 346 g/mol. The first-order valence-electron chi connectivity index (χ1n) is 9.26. The number of rotatable bonds is 6. The molecular weight excluding hydrogens is 316 g/mol. The van der Waals surface area contributed by atoms with Gasteiger partial charge in [0, 0.05) is 24.6 Å². The fourth-order valence-electron chi connectivity index (χ4n) is 3.30. The molecule has 0 spiro atoms. The topological polar surface area (TPSA) is 69.6 Å². The van der Waals surface area contributed by atoms with Crippen molar-refractivity contribution in [1.29, 1.82) is 0 Å². The molecule has 0 aromatic heterocycles. The summed E-state index contributed by atoms with van der Waals surface area (Å²) in [5, 5.41) is 12.8. The van der Waals surface area contributed by atoms with Gasteiger partial charge in [-0.2, -0.15) is 0 Å². The van der Waals surface area contributed by atoms with Gasteiger partial charge in [0.2, 0.25) is 5.91 Å². The number of nitrogens with one attached hydrogen (secondary N) is 1. The molecule has 1 fully saturated rings. The van der Waals surface area contributed by atoms with Gasteiger partial charge >= 0.3 is 0 Å². The Hall–Kier alpha value is -1.88. The van der Waals surface area contributed by atoms with Crippen LogP contribution in [0, 0.1) is 11.8 Å². The summed E-state index contributed by atoms with van der Waals surface area (Å²) in [4.78, 5) is 27.4. The molecule has 4 unspecified atom stereocenters. The van der Waals surface area contributed by atoms with E-state index < -0.39 is 12.1 Å². The van der Waals surface area contributed by atoms with Crippen LogP contribution in [-0.2, 0) is 4.79 Å². The second kappa shape index (κ2) is 8.99. The predicted molar refractivity (Wildman–Crippen MR) is 98.1 cm³/mol. The van der Waals surface area contributed by atoms with Gasteiger partial charge in [0.1, 0.15) is 6.04 Å². The van der Waals surface area contributed by atoms with Gasteiger partial charge in [-0.15, -0.1) is 0 Å². The number of aliphatic hydroxyl groups excluding tert-OH is 1. The van der Waals surface area contributed by atoms with Crippen molar-refractivity contribution >= 4 is 11.8 Å². The fourth-order valence-corrected chi connectivity index (χ4v) is 3.30. The van der Waals surface area contributed by atoms with Crippen LogP contribution in [0.2, 0.25) is 0 Å². The lowest BCUT2D eigenvalue weighted by molar-refractivity contribution is -0.137. The third-order valence-electron chi connectivity index (χ3n) is 5.25. The molecule has 1 aliphatic rings. The molecule has 0 aliphatic carbocycles. The van der Waals surface area contributed by atoms with E-state index in [1.807, 2.05) is 36.9 Å². The molecule has 1 aliphatic heterocycles. The van der Waals surface area contributed by atoms with E-state index in [4.69, 9.17) is 0 Å². The first-order chi connectivity index (χ1) is 11.9. The fraction of sp³-hybridized carbons (Fsp3) is 0.600. The Morgan fingerprint density at radius 3 is 2.56 bits per heavy atom. The predicted octanol–water partition coefficient (Wildman–Crippen LogP) is 2.45. The Kier molecular flexibility index (Phi) is 7.00. The average Bonchev–Trinajstić information content (AvgIpc) is 2.65. The second-order valence-corrected chi connectivity index (χ2v) is 7.13. The van der Waals surface area contributed by atoms with Crippen molar-refractivity contribution in [2.24, 2.45) is 11.8 Å². The van der Waals surface area contributed by atoms with E-state index in [9.17, 15) is 14.7 Å². The summed E-state index contributed by atoms with van der Waals surface area (Å²) in [5.41, 5.74) is 0.559. The minimum absolute atomic E-state index is 0.0380. The Morgan fingerprint density at radius 1 is 1.28 bits per heavy atom. The van der Waals surface area contributed by atoms with E-state index in [1.54, 1.807) is 19.1 Å². The molecule has 25 heavy (non-hydrogen) atoms. The van der Waals surface area contributed by atoms with E-state index in [0.29, 0.717) is 18.7 Å². The van der Waals surface area contributed by atoms with Crippen molar-refractivity contribution in [2.75, 3.05) is 13.1 Å². The zero-order valence-electron chi connectivity index (χ0n) is 15.4. The van der Waals surface area contributed by atoms with Gasteiger partial charge in [0.15, 0.2) is 0 Å². The summed E-state index contributed by atoms with van der Waals surface area (Å²) in [5.74, 6) is -0.0977. The van der Waals surface area contributed by atoms with Gasteiger partial charge in [0.25, 0.3) is 5.91 Å². The van der Waals surface area contributed by atoms with Crippen molar-refractivity contribution in [3.8, 4) is 0 Å². The molecule has 0 saturated carbocycles. The Labute approximate surface area is 150 Å². The minimum Gasteiger partial charge on any atom is -0.393 e. The molecule has 2 amide bonds. The van der Waals surface area contributed by atoms with E-state index in [2.05, 4.69) is 5.32 Å². The van der Waals surface area contributed by atoms with Crippen molar-refractivity contribution < 1.29 is 14.7 Å². The zero-order valence-corrected chi connectivity index (χ0v) is 15.4. The summed E-state index contributed by atoms with van der Waals surface area (Å²) in [6, 6.07) is 8.44. The molecule has 0 radical (unpaired) electrons. The van der Waals surface area contributed by atoms with Crippen LogP contribution in [0.15, 0.2) is 30.3 Å². The highest BCUT2D eigenvalue weighted by atomic mass is 16.3. The lowest BCUT2D eigenvalue weighted by atomic mass is 9.91. The van der Waals surface area contributed by atoms with Crippen LogP contribution in [0.25, 0.3) is 0 Å². The number of carbonyl (C=O) groups excluding carboxylic acids is 2. The number of benzene rings is 1. The molecule has 2 rings (SSSR count). The quantitative estimate of drug-likeness (QED) is 0.831. The third kappa shape index (κ3) is 5.05. The van der Waals surface area contributed by atoms with E-state index in [-0.39, 0.29) is 23.7 Å². The first-order valence-corrected chi connectivity index (χ1v) is 9.26. The maximum atomic E-state index is 13.1. The number of amides is 2. The highest BCUT2D eigenvalue weighted by Gasteiger charge is 2.33. The summed E-state index contributed by atoms with van der Waals surface area (Å²) < 4.78 is 0. The van der Waals surface area contributed by atoms with Crippen molar-refractivity contribution in [3.05, 3.63) is 35.9 Å². The molecule has 1 aromatic carbocycles. The number of nitrogens with zero attached hydrogens (tertiary/aromatic N) is 1. The van der Waals surface area contributed by atoms with Gasteiger partial charge in [-0.05, 0) is 37.8 Å². The second-order valence-electron chi connectivity index (χ2n) is 7.13. The number of carbonyl (C=O) groups is 2. The monoisotopic (exact) mass is 346 g/mol. The minimum atomic E-state index is -0.537. The van der Waals surface area contributed by atoms with Crippen LogP contribution in [0.1, 0.15) is 50.4 Å². The Bertz CT molecular complexity index is 574. The van der Waals surface area contributed by atoms with Crippen molar-refractivity contribution in [2.45, 2.75) is 52.2 Å². The maximum Gasteiger partial charge on any atom is 0.251 e. The lowest BCUT2D eigenvalue weighted by Gasteiger charge is -2.37. The number of likely N-dealkylation sites (tertiary alicyclic amines) is 1. The van der Waals surface area contributed by atoms with Crippen LogP contribution in [-0.4, -0.2) is 47.1 Å². The van der Waals surface area contributed by atoms with Gasteiger partial charge in [0.05, 0.1) is 6.10 Å². The summed E-state index contributed by atoms with van der Waals surface area (Å²) in [7, 11) is 0. The summed E-state index contributed by atoms with van der Waals surface area (Å²) in [6.45, 7) is 7.04. The Morgan fingerprint density at radius 2 is 1.96 bits per heavy atom. The van der Waals surface area contributed by atoms with E-state index >= 15 is 0 Å². The number of piperidine rings is 1. The van der Waals surface area contributed by atoms with Crippen LogP contribution in [0.5, 0.6) is 0 Å². The number of aliphatic hydroxyl groups is 1. The van der Waals surface area contributed by atoms with Crippen LogP contribution in [0.4, 0.5) is 0 Å². The molecule has 5 nitrogen and oxygen atoms in total. The molecule has 5 heteroatoms. The van der Waals surface area contributed by atoms with Crippen molar-refractivity contribution in [3.63, 3.8) is 0 Å². The van der Waals surface area contributed by atoms with Crippen LogP contribution < -0.4 is 5.32 Å². The summed E-state index contributed by atoms with van der Waals surface area (Å²) >= 11 is 0. The zero-order chi connectivity index (χ0) is 18.4. The molecule has 1 saturated heterocycles. The van der Waals surface area contributed by atoms with E-state index in [0.717, 1.165) is 19.3 Å². The van der Waals surface area contributed by atoms with Gasteiger partial charge < -0.3 is 15.3 Å². The normalized spacial score (nSPS) is 21.3. The molecule has 138 valence electrons. The molecule has 2 N–H and O–H groups in total. The van der Waals surface area contributed by atoms with E-state index in [1.165, 1.54) is 0 Å². The maximum absolute atomic E-state index is 13.1. The number of hydrogen-bond acceptors (Lipinski definition) is 3. The van der Waals surface area contributed by atoms with Gasteiger partial charge in [-0.1, -0.05) is 38.5 Å². The molecule has 1 heterocycles. The largest absolute Gasteiger partial charge is 0.393 e. The van der Waals surface area contributed by atoms with Crippen LogP contribution in [0.3, 0.4) is 0 Å². The lowest BCUT2D eigenvalue weighted by Crippen LogP contribution is -2.54. The molecule has 0 bridgehead atoms. The SMILES string of the molecule is CCC(C)C(NC(=O)c1ccccc1)C(=O)N1CCCC(C(C)O)C1. The molecule has 4 atom stereocenters. The standard InChI is InChI=1S/C20H30N2O3/c1-4-14(2)18(21-19(24)16-9-6-5-7-10-16)20(25)22-12-8-11-17(13-22)15(3)23/h5-7,9-10,14-15,17-18,23H,4,8,11-13H2,1-3H3,(H,21,24).